The van der Waals surface area contributed by atoms with Crippen LogP contribution in [0.5, 0.6) is 5.75 Å². The SMILES string of the molecule is COc1cc2nc(C)nc(N[C@H](C)c3cc(N)cc(C(F)(F)F)c3)c2cc1C1CCN(C(O)CCCCCCCCCCNc2cccc3c2C(=O)N(C2CCC(=O)NC2=O)C3=O)CC1. The molecular formula is C48H59F3N8O6. The first-order valence-corrected chi connectivity index (χ1v) is 22.7. The van der Waals surface area contributed by atoms with Crippen molar-refractivity contribution in [3.05, 3.63) is 82.2 Å². The maximum Gasteiger partial charge on any atom is 0.416 e. The number of aromatic nitrogens is 2. The van der Waals surface area contributed by atoms with Gasteiger partial charge in [0.15, 0.2) is 0 Å². The lowest BCUT2D eigenvalue weighted by Gasteiger charge is -2.35. The van der Waals surface area contributed by atoms with Crippen molar-refractivity contribution < 1.29 is 42.2 Å². The minimum Gasteiger partial charge on any atom is -0.496 e. The van der Waals surface area contributed by atoms with Crippen LogP contribution in [-0.4, -0.2) is 87.5 Å². The summed E-state index contributed by atoms with van der Waals surface area (Å²) in [7, 11) is 1.63. The lowest BCUT2D eigenvalue weighted by Crippen LogP contribution is -2.54. The first-order valence-electron chi connectivity index (χ1n) is 22.7. The molecule has 7 rings (SSSR count). The van der Waals surface area contributed by atoms with Crippen molar-refractivity contribution in [3.8, 4) is 5.75 Å². The summed E-state index contributed by atoms with van der Waals surface area (Å²) in [5, 5.41) is 20.7. The van der Waals surface area contributed by atoms with E-state index < -0.39 is 53.7 Å². The first-order chi connectivity index (χ1) is 31.1. The van der Waals surface area contributed by atoms with Gasteiger partial charge in [-0.25, -0.2) is 9.97 Å². The zero-order valence-electron chi connectivity index (χ0n) is 37.2. The van der Waals surface area contributed by atoms with E-state index in [9.17, 15) is 37.5 Å². The quantitative estimate of drug-likeness (QED) is 0.0345. The maximum absolute atomic E-state index is 13.6. The number of hydrogen-bond donors (Lipinski definition) is 5. The van der Waals surface area contributed by atoms with E-state index in [4.69, 9.17) is 10.5 Å². The molecule has 4 heterocycles. The van der Waals surface area contributed by atoms with Crippen LogP contribution in [0.25, 0.3) is 10.9 Å². The number of aliphatic hydroxyl groups is 1. The predicted molar refractivity (Wildman–Crippen MR) is 241 cm³/mol. The highest BCUT2D eigenvalue weighted by molar-refractivity contribution is 6.25. The number of alkyl halides is 3. The molecule has 17 heteroatoms. The fourth-order valence-electron chi connectivity index (χ4n) is 9.36. The predicted octanol–water partition coefficient (Wildman–Crippen LogP) is 8.24. The van der Waals surface area contributed by atoms with Gasteiger partial charge in [-0.2, -0.15) is 13.2 Å². The largest absolute Gasteiger partial charge is 0.496 e. The molecular weight excluding hydrogens is 842 g/mol. The number of nitrogens with two attached hydrogens (primary N) is 1. The number of nitrogen functional groups attached to an aromatic ring is 1. The van der Waals surface area contributed by atoms with E-state index in [0.29, 0.717) is 47.1 Å². The average molecular weight is 901 g/mol. The van der Waals surface area contributed by atoms with Gasteiger partial charge in [-0.1, -0.05) is 44.6 Å². The number of hydrogen-bond acceptors (Lipinski definition) is 12. The van der Waals surface area contributed by atoms with Crippen LogP contribution in [0, 0.1) is 6.92 Å². The van der Waals surface area contributed by atoms with E-state index in [1.54, 1.807) is 39.2 Å². The van der Waals surface area contributed by atoms with E-state index in [2.05, 4.69) is 30.8 Å². The Labute approximate surface area is 376 Å². The number of rotatable bonds is 19. The van der Waals surface area contributed by atoms with Crippen molar-refractivity contribution in [1.29, 1.82) is 0 Å². The second-order valence-corrected chi connectivity index (χ2v) is 17.5. The highest BCUT2D eigenvalue weighted by Crippen LogP contribution is 2.40. The van der Waals surface area contributed by atoms with E-state index >= 15 is 0 Å². The number of nitrogens with zero attached hydrogens (tertiary/aromatic N) is 4. The van der Waals surface area contributed by atoms with Gasteiger partial charge in [0.05, 0.1) is 35.4 Å². The summed E-state index contributed by atoms with van der Waals surface area (Å²) in [5.74, 6) is -0.177. The molecule has 4 amide bonds. The average Bonchev–Trinajstić information content (AvgIpc) is 3.53. The van der Waals surface area contributed by atoms with E-state index in [1.807, 2.05) is 12.1 Å². The van der Waals surface area contributed by atoms with Gasteiger partial charge in [-0.15, -0.1) is 0 Å². The van der Waals surface area contributed by atoms with Crippen molar-refractivity contribution >= 4 is 51.7 Å². The summed E-state index contributed by atoms with van der Waals surface area (Å²) >= 11 is 0. The summed E-state index contributed by atoms with van der Waals surface area (Å²) in [6, 6.07) is 11.0. The molecule has 348 valence electrons. The monoisotopic (exact) mass is 900 g/mol. The number of methoxy groups -OCH3 is 1. The number of likely N-dealkylation sites (tertiary alicyclic amines) is 1. The first kappa shape index (κ1) is 47.2. The Morgan fingerprint density at radius 1 is 0.923 bits per heavy atom. The van der Waals surface area contributed by atoms with Gasteiger partial charge in [-0.3, -0.25) is 34.3 Å². The van der Waals surface area contributed by atoms with Crippen LogP contribution in [-0.2, 0) is 15.8 Å². The molecule has 0 radical (unpaired) electrons. The number of imide groups is 2. The Bertz CT molecular complexity index is 2400. The Morgan fingerprint density at radius 2 is 1.63 bits per heavy atom. The smallest absolute Gasteiger partial charge is 0.416 e. The molecule has 2 saturated heterocycles. The third-order valence-corrected chi connectivity index (χ3v) is 12.9. The van der Waals surface area contributed by atoms with Crippen LogP contribution >= 0.6 is 0 Å². The Hall–Kier alpha value is -5.81. The second kappa shape index (κ2) is 20.6. The molecule has 0 bridgehead atoms. The van der Waals surface area contributed by atoms with Crippen LogP contribution in [0.15, 0.2) is 48.5 Å². The number of fused-ring (bicyclic) bond motifs is 2. The number of carbonyl (C=O) groups excluding carboxylic acids is 4. The third kappa shape index (κ3) is 11.0. The van der Waals surface area contributed by atoms with Gasteiger partial charge in [0.2, 0.25) is 11.8 Å². The van der Waals surface area contributed by atoms with Gasteiger partial charge in [-0.05, 0) is 106 Å². The number of benzene rings is 3. The number of aliphatic hydroxyl groups excluding tert-OH is 1. The fourth-order valence-corrected chi connectivity index (χ4v) is 9.36. The number of aryl methyl sites for hydroxylation is 1. The van der Waals surface area contributed by atoms with Crippen LogP contribution in [0.2, 0.25) is 0 Å². The van der Waals surface area contributed by atoms with Gasteiger partial charge in [0.25, 0.3) is 11.8 Å². The minimum absolute atomic E-state index is 0.0298. The molecule has 65 heavy (non-hydrogen) atoms. The Morgan fingerprint density at radius 3 is 2.32 bits per heavy atom. The van der Waals surface area contributed by atoms with E-state index in [0.717, 1.165) is 105 Å². The van der Waals surface area contributed by atoms with Crippen molar-refractivity contribution in [2.75, 3.05) is 43.1 Å². The highest BCUT2D eigenvalue weighted by atomic mass is 19.4. The molecule has 0 saturated carbocycles. The second-order valence-electron chi connectivity index (χ2n) is 17.5. The van der Waals surface area contributed by atoms with Gasteiger partial charge in [0, 0.05) is 48.9 Å². The normalized spacial score (nSPS) is 18.2. The lowest BCUT2D eigenvalue weighted by molar-refractivity contribution is -0.138. The summed E-state index contributed by atoms with van der Waals surface area (Å²) in [6.07, 6.45) is 5.78. The van der Waals surface area contributed by atoms with E-state index in [1.165, 1.54) is 6.07 Å². The molecule has 14 nitrogen and oxygen atoms in total. The van der Waals surface area contributed by atoms with Crippen LogP contribution in [0.1, 0.15) is 146 Å². The summed E-state index contributed by atoms with van der Waals surface area (Å²) in [6.45, 7) is 5.63. The molecule has 3 aliphatic heterocycles. The highest BCUT2D eigenvalue weighted by Gasteiger charge is 2.45. The van der Waals surface area contributed by atoms with Crippen LogP contribution in [0.4, 0.5) is 30.4 Å². The number of halogens is 3. The maximum atomic E-state index is 13.6. The van der Waals surface area contributed by atoms with Crippen molar-refractivity contribution in [2.45, 2.75) is 128 Å². The fraction of sp³-hybridized carbons (Fsp3) is 0.500. The molecule has 6 N–H and O–H groups in total. The molecule has 1 aromatic heterocycles. The number of nitrogens with one attached hydrogen (secondary N) is 3. The molecule has 0 aliphatic carbocycles. The van der Waals surface area contributed by atoms with Crippen molar-refractivity contribution in [1.82, 2.24) is 25.1 Å². The third-order valence-electron chi connectivity index (χ3n) is 12.9. The van der Waals surface area contributed by atoms with Crippen molar-refractivity contribution in [3.63, 3.8) is 0 Å². The molecule has 3 atom stereocenters. The van der Waals surface area contributed by atoms with Gasteiger partial charge in [0.1, 0.15) is 29.7 Å². The summed E-state index contributed by atoms with van der Waals surface area (Å²) < 4.78 is 46.6. The Balaban J connectivity index is 0.812. The van der Waals surface area contributed by atoms with Crippen LogP contribution in [0.3, 0.4) is 0 Å². The Kier molecular flexibility index (Phi) is 14.9. The zero-order chi connectivity index (χ0) is 46.4. The summed E-state index contributed by atoms with van der Waals surface area (Å²) in [5.41, 5.74) is 8.24. The molecule has 0 spiro atoms. The minimum atomic E-state index is -4.53. The molecule has 2 unspecified atom stereocenters. The number of amides is 4. The van der Waals surface area contributed by atoms with Crippen LogP contribution < -0.4 is 26.4 Å². The van der Waals surface area contributed by atoms with E-state index in [-0.39, 0.29) is 35.6 Å². The summed E-state index contributed by atoms with van der Waals surface area (Å²) in [4.78, 5) is 62.9. The van der Waals surface area contributed by atoms with Crippen molar-refractivity contribution in [2.24, 2.45) is 0 Å². The zero-order valence-corrected chi connectivity index (χ0v) is 37.2. The molecule has 2 fully saturated rings. The number of unbranched alkanes of at least 4 members (excludes halogenated alkanes) is 7. The lowest BCUT2D eigenvalue weighted by atomic mass is 9.87. The van der Waals surface area contributed by atoms with Gasteiger partial charge >= 0.3 is 6.18 Å². The molecule has 3 aromatic carbocycles. The topological polar surface area (TPSA) is 192 Å². The molecule has 4 aromatic rings. The number of ether oxygens (including phenoxy) is 1. The number of piperidine rings is 2. The number of carbonyl (C=O) groups is 4. The molecule has 3 aliphatic rings. The van der Waals surface area contributed by atoms with Gasteiger partial charge < -0.3 is 26.2 Å². The number of anilines is 3. The standard InChI is InChI=1S/C48H59F3N8O6/c1-28(31-23-32(48(49,50)51)25-33(52)24-31)54-44-36-26-35(40(65-3)27-38(36)55-29(2)56-44)30-18-21-58(22-19-30)42(61)15-10-8-6-4-5-7-9-11-20-53-37-14-12-13-34-43(37)47(64)59(46(34)63)39-16-17-41(60)57-45(39)62/h12-14,23-28,30,39,42,53,61H,4-11,15-22,52H2,1-3H3,(H,54,55,56)(H,57,60,62)/t28-,39?,42?/m1/s1.